The van der Waals surface area contributed by atoms with E-state index in [0.717, 1.165) is 24.5 Å². The fraction of sp³-hybridized carbons (Fsp3) is 0.571. The minimum Gasteiger partial charge on any atom is -0.379 e. The highest BCUT2D eigenvalue weighted by molar-refractivity contribution is 6.30. The summed E-state index contributed by atoms with van der Waals surface area (Å²) in [6.07, 6.45) is 2.29. The monoisotopic (exact) mass is 274 g/mol. The van der Waals surface area contributed by atoms with Gasteiger partial charge in [-0.05, 0) is 50.3 Å². The summed E-state index contributed by atoms with van der Waals surface area (Å²) >= 11 is 11.8. The van der Waals surface area contributed by atoms with Gasteiger partial charge >= 0.3 is 0 Å². The second kappa shape index (κ2) is 7.97. The third kappa shape index (κ3) is 6.30. The van der Waals surface area contributed by atoms with E-state index >= 15 is 0 Å². The summed E-state index contributed by atoms with van der Waals surface area (Å²) in [6, 6.07) is 7.97. The molecule has 1 unspecified atom stereocenters. The smallest absolute Gasteiger partial charge is 0.0518 e. The van der Waals surface area contributed by atoms with Gasteiger partial charge < -0.3 is 4.74 Å². The SMILES string of the molecule is CC(C)OCCC(CCl)Cc1ccc(Cl)cc1. The lowest BCUT2D eigenvalue weighted by Gasteiger charge is -2.15. The first-order valence-corrected chi connectivity index (χ1v) is 6.95. The van der Waals surface area contributed by atoms with Crippen LogP contribution in [0.2, 0.25) is 5.02 Å². The summed E-state index contributed by atoms with van der Waals surface area (Å²) in [4.78, 5) is 0. The Morgan fingerprint density at radius 2 is 1.82 bits per heavy atom. The molecule has 0 amide bonds. The van der Waals surface area contributed by atoms with Crippen molar-refractivity contribution in [3.63, 3.8) is 0 Å². The quantitative estimate of drug-likeness (QED) is 0.663. The Morgan fingerprint density at radius 3 is 2.35 bits per heavy atom. The summed E-state index contributed by atoms with van der Waals surface area (Å²) < 4.78 is 5.55. The van der Waals surface area contributed by atoms with E-state index in [4.69, 9.17) is 27.9 Å². The third-order valence-electron chi connectivity index (χ3n) is 2.63. The van der Waals surface area contributed by atoms with Gasteiger partial charge in [0.05, 0.1) is 6.10 Å². The average Bonchev–Trinajstić information content (AvgIpc) is 2.30. The number of halogens is 2. The van der Waals surface area contributed by atoms with E-state index < -0.39 is 0 Å². The molecule has 0 spiro atoms. The van der Waals surface area contributed by atoms with Crippen molar-refractivity contribution in [3.05, 3.63) is 34.9 Å². The Labute approximate surface area is 114 Å². The molecule has 0 heterocycles. The highest BCUT2D eigenvalue weighted by atomic mass is 35.5. The van der Waals surface area contributed by atoms with Gasteiger partial charge in [-0.3, -0.25) is 0 Å². The number of benzene rings is 1. The van der Waals surface area contributed by atoms with Crippen LogP contribution in [0.4, 0.5) is 0 Å². The van der Waals surface area contributed by atoms with E-state index in [2.05, 4.69) is 26.0 Å². The van der Waals surface area contributed by atoms with Crippen molar-refractivity contribution < 1.29 is 4.74 Å². The molecule has 0 aliphatic carbocycles. The molecule has 3 heteroatoms. The molecule has 1 aromatic rings. The molecule has 0 saturated heterocycles. The van der Waals surface area contributed by atoms with Crippen LogP contribution in [0.5, 0.6) is 0 Å². The molecule has 0 fully saturated rings. The van der Waals surface area contributed by atoms with Gasteiger partial charge in [0.15, 0.2) is 0 Å². The lowest BCUT2D eigenvalue weighted by atomic mass is 9.98. The highest BCUT2D eigenvalue weighted by Crippen LogP contribution is 2.17. The third-order valence-corrected chi connectivity index (χ3v) is 3.32. The zero-order valence-electron chi connectivity index (χ0n) is 10.5. The van der Waals surface area contributed by atoms with Crippen LogP contribution in [0.15, 0.2) is 24.3 Å². The normalized spacial score (nSPS) is 13.0. The van der Waals surface area contributed by atoms with Gasteiger partial charge in [-0.2, -0.15) is 0 Å². The predicted molar refractivity (Wildman–Crippen MR) is 75.1 cm³/mol. The first-order valence-electron chi connectivity index (χ1n) is 6.03. The molecule has 96 valence electrons. The Morgan fingerprint density at radius 1 is 1.18 bits per heavy atom. The van der Waals surface area contributed by atoms with Crippen LogP contribution in [0.1, 0.15) is 25.8 Å². The molecule has 1 atom stereocenters. The molecular formula is C14H20Cl2O. The summed E-state index contributed by atoms with van der Waals surface area (Å²) in [5.74, 6) is 1.14. The fourth-order valence-corrected chi connectivity index (χ4v) is 2.05. The zero-order valence-corrected chi connectivity index (χ0v) is 12.0. The predicted octanol–water partition coefficient (Wildman–Crippen LogP) is 4.55. The first-order chi connectivity index (χ1) is 8.11. The summed E-state index contributed by atoms with van der Waals surface area (Å²) in [5, 5.41) is 0.777. The van der Waals surface area contributed by atoms with Crippen LogP contribution in [0.3, 0.4) is 0 Å². The van der Waals surface area contributed by atoms with Gasteiger partial charge in [0.2, 0.25) is 0 Å². The molecule has 1 aromatic carbocycles. The Hall–Kier alpha value is -0.240. The lowest BCUT2D eigenvalue weighted by molar-refractivity contribution is 0.0700. The van der Waals surface area contributed by atoms with Gasteiger partial charge in [0.1, 0.15) is 0 Å². The molecule has 0 radical (unpaired) electrons. The molecule has 0 N–H and O–H groups in total. The molecule has 1 rings (SSSR count). The topological polar surface area (TPSA) is 9.23 Å². The minimum absolute atomic E-state index is 0.293. The fourth-order valence-electron chi connectivity index (χ4n) is 1.66. The van der Waals surface area contributed by atoms with Crippen LogP contribution < -0.4 is 0 Å². The molecule has 0 aliphatic rings. The standard InChI is InChI=1S/C14H20Cl2O/c1-11(2)17-8-7-13(10-15)9-12-3-5-14(16)6-4-12/h3-6,11,13H,7-10H2,1-2H3. The van der Waals surface area contributed by atoms with Gasteiger partial charge in [-0.1, -0.05) is 23.7 Å². The molecule has 17 heavy (non-hydrogen) atoms. The Bertz CT molecular complexity index is 309. The molecule has 0 saturated carbocycles. The summed E-state index contributed by atoms with van der Waals surface area (Å²) in [7, 11) is 0. The van der Waals surface area contributed by atoms with Crippen LogP contribution in [0, 0.1) is 5.92 Å². The zero-order chi connectivity index (χ0) is 12.7. The highest BCUT2D eigenvalue weighted by Gasteiger charge is 2.09. The first kappa shape index (κ1) is 14.8. The van der Waals surface area contributed by atoms with Gasteiger partial charge in [-0.25, -0.2) is 0 Å². The number of hydrogen-bond acceptors (Lipinski definition) is 1. The Balaban J connectivity index is 2.38. The van der Waals surface area contributed by atoms with Gasteiger partial charge in [0, 0.05) is 17.5 Å². The molecular weight excluding hydrogens is 255 g/mol. The summed E-state index contributed by atoms with van der Waals surface area (Å²) in [6.45, 7) is 4.88. The van der Waals surface area contributed by atoms with Crippen LogP contribution in [-0.2, 0) is 11.2 Å². The van der Waals surface area contributed by atoms with E-state index in [0.29, 0.717) is 17.9 Å². The van der Waals surface area contributed by atoms with Crippen molar-refractivity contribution in [1.82, 2.24) is 0 Å². The van der Waals surface area contributed by atoms with E-state index in [-0.39, 0.29) is 0 Å². The van der Waals surface area contributed by atoms with Crippen LogP contribution in [-0.4, -0.2) is 18.6 Å². The van der Waals surface area contributed by atoms with Gasteiger partial charge in [-0.15, -0.1) is 11.6 Å². The maximum atomic E-state index is 5.98. The second-order valence-corrected chi connectivity index (χ2v) is 5.30. The van der Waals surface area contributed by atoms with Crippen molar-refractivity contribution in [2.45, 2.75) is 32.8 Å². The number of rotatable bonds is 7. The molecule has 1 nitrogen and oxygen atoms in total. The Kier molecular flexibility index (Phi) is 6.94. The number of ether oxygens (including phenoxy) is 1. The largest absolute Gasteiger partial charge is 0.379 e. The van der Waals surface area contributed by atoms with E-state index in [1.54, 1.807) is 0 Å². The molecule has 0 aromatic heterocycles. The van der Waals surface area contributed by atoms with Crippen molar-refractivity contribution >= 4 is 23.2 Å². The molecule has 0 bridgehead atoms. The summed E-state index contributed by atoms with van der Waals surface area (Å²) in [5.41, 5.74) is 1.28. The molecule has 0 aliphatic heterocycles. The van der Waals surface area contributed by atoms with Crippen molar-refractivity contribution in [2.75, 3.05) is 12.5 Å². The maximum Gasteiger partial charge on any atom is 0.0518 e. The van der Waals surface area contributed by atoms with E-state index in [1.807, 2.05) is 12.1 Å². The van der Waals surface area contributed by atoms with E-state index in [1.165, 1.54) is 5.56 Å². The minimum atomic E-state index is 0.293. The van der Waals surface area contributed by atoms with Crippen LogP contribution in [0.25, 0.3) is 0 Å². The van der Waals surface area contributed by atoms with Crippen molar-refractivity contribution in [3.8, 4) is 0 Å². The van der Waals surface area contributed by atoms with Crippen molar-refractivity contribution in [2.24, 2.45) is 5.92 Å². The average molecular weight is 275 g/mol. The van der Waals surface area contributed by atoms with E-state index in [9.17, 15) is 0 Å². The van der Waals surface area contributed by atoms with Crippen molar-refractivity contribution in [1.29, 1.82) is 0 Å². The second-order valence-electron chi connectivity index (χ2n) is 4.56. The van der Waals surface area contributed by atoms with Gasteiger partial charge in [0.25, 0.3) is 0 Å². The lowest BCUT2D eigenvalue weighted by Crippen LogP contribution is -2.12. The number of alkyl halides is 1. The number of hydrogen-bond donors (Lipinski definition) is 0. The van der Waals surface area contributed by atoms with Crippen LogP contribution >= 0.6 is 23.2 Å². The maximum absolute atomic E-state index is 5.98.